The van der Waals surface area contributed by atoms with Gasteiger partial charge >= 0.3 is 0 Å². The Labute approximate surface area is 133 Å². The Morgan fingerprint density at radius 3 is 2.68 bits per heavy atom. The van der Waals surface area contributed by atoms with E-state index in [1.54, 1.807) is 6.07 Å². The van der Waals surface area contributed by atoms with Gasteiger partial charge in [0.25, 0.3) is 0 Å². The number of carbonyl (C=O) groups is 1. The molecule has 0 fully saturated rings. The molecule has 4 nitrogen and oxygen atoms in total. The van der Waals surface area contributed by atoms with E-state index in [1.807, 2.05) is 36.4 Å². The molecule has 1 amide bonds. The summed E-state index contributed by atoms with van der Waals surface area (Å²) in [7, 11) is 0. The van der Waals surface area contributed by atoms with E-state index >= 15 is 0 Å². The van der Waals surface area contributed by atoms with E-state index in [9.17, 15) is 9.90 Å². The van der Waals surface area contributed by atoms with E-state index in [-0.39, 0.29) is 18.4 Å². The number of hydrogen-bond donors (Lipinski definition) is 2. The third kappa shape index (κ3) is 2.67. The molecule has 0 unspecified atom stereocenters. The van der Waals surface area contributed by atoms with Gasteiger partial charge in [0.2, 0.25) is 6.41 Å². The van der Waals surface area contributed by atoms with Gasteiger partial charge in [0, 0.05) is 34.5 Å². The zero-order valence-electron chi connectivity index (χ0n) is 11.8. The first-order valence-electron chi connectivity index (χ1n) is 7.08. The smallest absolute Gasteiger partial charge is 0.207 e. The summed E-state index contributed by atoms with van der Waals surface area (Å²) in [6.07, 6.45) is 0.663. The monoisotopic (exact) mass is 317 g/mol. The maximum Gasteiger partial charge on any atom is 0.207 e. The second-order valence-corrected chi connectivity index (χ2v) is 5.68. The molecule has 1 aliphatic rings. The number of rotatable bonds is 4. The second-order valence-electron chi connectivity index (χ2n) is 5.24. The molecule has 0 saturated heterocycles. The van der Waals surface area contributed by atoms with Crippen molar-refractivity contribution < 1.29 is 14.6 Å². The zero-order chi connectivity index (χ0) is 15.5. The fourth-order valence-electron chi connectivity index (χ4n) is 2.99. The average molecular weight is 318 g/mol. The molecule has 0 bridgehead atoms. The predicted octanol–water partition coefficient (Wildman–Crippen LogP) is 3.05. The number of carbonyl (C=O) groups excluding carboxylic acids is 1. The molecule has 2 atom stereocenters. The van der Waals surface area contributed by atoms with Crippen molar-refractivity contribution in [3.63, 3.8) is 0 Å². The van der Waals surface area contributed by atoms with Gasteiger partial charge in [-0.2, -0.15) is 0 Å². The van der Waals surface area contributed by atoms with Crippen LogP contribution >= 0.6 is 11.6 Å². The third-order valence-electron chi connectivity index (χ3n) is 4.01. The highest BCUT2D eigenvalue weighted by atomic mass is 35.5. The summed E-state index contributed by atoms with van der Waals surface area (Å²) in [4.78, 5) is 10.7. The number of para-hydroxylation sites is 1. The highest BCUT2D eigenvalue weighted by Crippen LogP contribution is 2.46. The van der Waals surface area contributed by atoms with E-state index in [0.717, 1.165) is 16.9 Å². The minimum atomic E-state index is -0.177. The molecule has 5 heteroatoms. The van der Waals surface area contributed by atoms with Crippen molar-refractivity contribution in [2.75, 3.05) is 13.2 Å². The first kappa shape index (κ1) is 14.9. The van der Waals surface area contributed by atoms with E-state index in [0.29, 0.717) is 23.7 Å². The van der Waals surface area contributed by atoms with E-state index in [4.69, 9.17) is 16.3 Å². The normalized spacial score (nSPS) is 19.4. The Balaban J connectivity index is 2.16. The zero-order valence-corrected chi connectivity index (χ0v) is 12.6. The standard InChI is InChI=1S/C17H16ClNO3/c18-11-5-6-17-13(7-11)14(8-19-10-21)15(9-20)12-3-1-2-4-16(12)22-17/h1-7,10,14-15,20H,8-9H2,(H,19,21)/t14-,15-/m0/s1. The van der Waals surface area contributed by atoms with Crippen molar-refractivity contribution in [2.45, 2.75) is 11.8 Å². The number of amides is 1. The quantitative estimate of drug-likeness (QED) is 0.852. The van der Waals surface area contributed by atoms with Gasteiger partial charge in [-0.05, 0) is 24.3 Å². The lowest BCUT2D eigenvalue weighted by Gasteiger charge is -2.24. The molecule has 1 heterocycles. The lowest BCUT2D eigenvalue weighted by molar-refractivity contribution is -0.109. The van der Waals surface area contributed by atoms with E-state index in [2.05, 4.69) is 5.32 Å². The Kier molecular flexibility index (Phi) is 4.32. The van der Waals surface area contributed by atoms with Crippen LogP contribution in [0, 0.1) is 0 Å². The molecule has 0 spiro atoms. The number of benzene rings is 2. The van der Waals surface area contributed by atoms with Gasteiger partial charge in [0.05, 0.1) is 6.61 Å². The van der Waals surface area contributed by atoms with Gasteiger partial charge in [-0.25, -0.2) is 0 Å². The fourth-order valence-corrected chi connectivity index (χ4v) is 3.17. The Hall–Kier alpha value is -2.04. The maximum atomic E-state index is 10.7. The van der Waals surface area contributed by atoms with Crippen LogP contribution in [0.4, 0.5) is 0 Å². The lowest BCUT2D eigenvalue weighted by Crippen LogP contribution is -2.26. The predicted molar refractivity (Wildman–Crippen MR) is 84.6 cm³/mol. The van der Waals surface area contributed by atoms with Gasteiger partial charge in [-0.3, -0.25) is 4.79 Å². The molecule has 0 aromatic heterocycles. The van der Waals surface area contributed by atoms with Crippen LogP contribution in [0.5, 0.6) is 11.5 Å². The number of halogens is 1. The van der Waals surface area contributed by atoms with Crippen molar-refractivity contribution in [1.82, 2.24) is 5.32 Å². The van der Waals surface area contributed by atoms with Crippen LogP contribution in [0.1, 0.15) is 23.0 Å². The highest BCUT2D eigenvalue weighted by Gasteiger charge is 2.32. The third-order valence-corrected chi connectivity index (χ3v) is 4.25. The number of fused-ring (bicyclic) bond motifs is 2. The maximum absolute atomic E-state index is 10.7. The summed E-state index contributed by atoms with van der Waals surface area (Å²) in [6.45, 7) is 0.358. The van der Waals surface area contributed by atoms with Crippen molar-refractivity contribution in [3.05, 3.63) is 58.6 Å². The second kappa shape index (κ2) is 6.38. The SMILES string of the molecule is O=CNC[C@H]1c2cc(Cl)ccc2Oc2ccccc2[C@@H]1CO. The van der Waals surface area contributed by atoms with Gasteiger partial charge in [0.1, 0.15) is 11.5 Å². The molecule has 22 heavy (non-hydrogen) atoms. The molecule has 3 rings (SSSR count). The van der Waals surface area contributed by atoms with Crippen LogP contribution in [-0.2, 0) is 4.79 Å². The molecule has 0 radical (unpaired) electrons. The molecule has 2 N–H and O–H groups in total. The lowest BCUT2D eigenvalue weighted by atomic mass is 9.82. The topological polar surface area (TPSA) is 58.6 Å². The number of aliphatic hydroxyl groups excluding tert-OH is 1. The highest BCUT2D eigenvalue weighted by molar-refractivity contribution is 6.30. The van der Waals surface area contributed by atoms with Crippen LogP contribution < -0.4 is 10.1 Å². The number of hydrogen-bond acceptors (Lipinski definition) is 3. The van der Waals surface area contributed by atoms with Gasteiger partial charge in [-0.1, -0.05) is 29.8 Å². The molecular formula is C17H16ClNO3. The molecule has 2 aromatic rings. The number of aliphatic hydroxyl groups is 1. The molecule has 1 aliphatic heterocycles. The minimum absolute atomic E-state index is 0.0441. The summed E-state index contributed by atoms with van der Waals surface area (Å²) >= 11 is 6.12. The molecule has 114 valence electrons. The van der Waals surface area contributed by atoms with Crippen molar-refractivity contribution in [2.24, 2.45) is 0 Å². The molecular weight excluding hydrogens is 302 g/mol. The van der Waals surface area contributed by atoms with Crippen LogP contribution in [-0.4, -0.2) is 24.7 Å². The van der Waals surface area contributed by atoms with Crippen LogP contribution in [0.3, 0.4) is 0 Å². The number of nitrogens with one attached hydrogen (secondary N) is 1. The summed E-state index contributed by atoms with van der Waals surface area (Å²) in [6, 6.07) is 13.1. The summed E-state index contributed by atoms with van der Waals surface area (Å²) in [5, 5.41) is 13.2. The van der Waals surface area contributed by atoms with Gasteiger partial charge in [0.15, 0.2) is 0 Å². The van der Waals surface area contributed by atoms with E-state index < -0.39 is 0 Å². The van der Waals surface area contributed by atoms with E-state index in [1.165, 1.54) is 0 Å². The van der Waals surface area contributed by atoms with Crippen LogP contribution in [0.15, 0.2) is 42.5 Å². The largest absolute Gasteiger partial charge is 0.457 e. The first-order valence-corrected chi connectivity index (χ1v) is 7.46. The molecule has 0 saturated carbocycles. The minimum Gasteiger partial charge on any atom is -0.457 e. The summed E-state index contributed by atoms with van der Waals surface area (Å²) < 4.78 is 6.01. The Morgan fingerprint density at radius 1 is 1.14 bits per heavy atom. The van der Waals surface area contributed by atoms with Gasteiger partial charge in [-0.15, -0.1) is 0 Å². The van der Waals surface area contributed by atoms with Gasteiger partial charge < -0.3 is 15.2 Å². The summed E-state index contributed by atoms with van der Waals surface area (Å²) in [5.41, 5.74) is 1.81. The molecule has 0 aliphatic carbocycles. The average Bonchev–Trinajstić information content (AvgIpc) is 2.66. The van der Waals surface area contributed by atoms with Crippen molar-refractivity contribution in [3.8, 4) is 11.5 Å². The molecule has 2 aromatic carbocycles. The van der Waals surface area contributed by atoms with Crippen LogP contribution in [0.25, 0.3) is 0 Å². The first-order chi connectivity index (χ1) is 10.7. The number of ether oxygens (including phenoxy) is 1. The summed E-state index contributed by atoms with van der Waals surface area (Å²) in [5.74, 6) is 1.13. The fraction of sp³-hybridized carbons (Fsp3) is 0.235. The Morgan fingerprint density at radius 2 is 1.91 bits per heavy atom. The van der Waals surface area contributed by atoms with Crippen LogP contribution in [0.2, 0.25) is 5.02 Å². The van der Waals surface area contributed by atoms with Crippen molar-refractivity contribution >= 4 is 18.0 Å². The Bertz CT molecular complexity index is 689. The van der Waals surface area contributed by atoms with Crippen molar-refractivity contribution in [1.29, 1.82) is 0 Å².